The Balaban J connectivity index is 1.60. The topological polar surface area (TPSA) is 123 Å². The number of aromatic nitrogens is 4. The number of hydrogen-bond donors (Lipinski definition) is 1. The fourth-order valence-electron chi connectivity index (χ4n) is 3.39. The molecule has 0 saturated heterocycles. The van der Waals surface area contributed by atoms with Gasteiger partial charge < -0.3 is 10.1 Å². The van der Waals surface area contributed by atoms with Crippen molar-refractivity contribution in [2.75, 3.05) is 6.61 Å². The zero-order valence-electron chi connectivity index (χ0n) is 15.5. The van der Waals surface area contributed by atoms with Gasteiger partial charge >= 0.3 is 5.97 Å². The molecule has 9 heteroatoms. The van der Waals surface area contributed by atoms with Crippen molar-refractivity contribution in [1.82, 2.24) is 25.5 Å². The van der Waals surface area contributed by atoms with Crippen molar-refractivity contribution >= 4 is 11.9 Å². The molecule has 0 radical (unpaired) electrons. The Labute approximate surface area is 162 Å². The van der Waals surface area contributed by atoms with Crippen LogP contribution in [0.25, 0.3) is 0 Å². The third kappa shape index (κ3) is 4.91. The van der Waals surface area contributed by atoms with Gasteiger partial charge in [0.25, 0.3) is 5.91 Å². The van der Waals surface area contributed by atoms with E-state index in [1.165, 1.54) is 11.0 Å². The van der Waals surface area contributed by atoms with Crippen LogP contribution in [0.5, 0.6) is 0 Å². The number of ether oxygens (including phenoxy) is 1. The molecule has 9 nitrogen and oxygen atoms in total. The maximum Gasteiger partial charge on any atom is 0.331 e. The Kier molecular flexibility index (Phi) is 6.32. The van der Waals surface area contributed by atoms with Gasteiger partial charge in [-0.05, 0) is 28.8 Å². The summed E-state index contributed by atoms with van der Waals surface area (Å²) in [6, 6.07) is 10.8. The first-order valence-corrected chi connectivity index (χ1v) is 9.27. The maximum absolute atomic E-state index is 12.6. The maximum atomic E-state index is 12.6. The van der Waals surface area contributed by atoms with Crippen LogP contribution in [0.4, 0.5) is 0 Å². The van der Waals surface area contributed by atoms with Crippen LogP contribution >= 0.6 is 0 Å². The summed E-state index contributed by atoms with van der Waals surface area (Å²) < 4.78 is 6.53. The van der Waals surface area contributed by atoms with Crippen LogP contribution in [0.3, 0.4) is 0 Å². The van der Waals surface area contributed by atoms with Crippen LogP contribution in [0.15, 0.2) is 36.7 Å². The molecule has 2 aromatic rings. The van der Waals surface area contributed by atoms with Gasteiger partial charge in [-0.25, -0.2) is 9.48 Å². The van der Waals surface area contributed by atoms with Gasteiger partial charge in [0.2, 0.25) is 0 Å². The van der Waals surface area contributed by atoms with Gasteiger partial charge in [0.05, 0.1) is 6.07 Å². The Morgan fingerprint density at radius 2 is 2.00 bits per heavy atom. The number of nitrogens with one attached hydrogen (secondary N) is 1. The van der Waals surface area contributed by atoms with Crippen molar-refractivity contribution in [3.05, 3.63) is 42.2 Å². The van der Waals surface area contributed by atoms with Gasteiger partial charge in [-0.2, -0.15) is 5.26 Å². The molecule has 0 unspecified atom stereocenters. The molecule has 1 N–H and O–H groups in total. The highest BCUT2D eigenvalue weighted by molar-refractivity contribution is 5.82. The lowest BCUT2D eigenvalue weighted by molar-refractivity contribution is -0.152. The monoisotopic (exact) mass is 382 g/mol. The van der Waals surface area contributed by atoms with Crippen molar-refractivity contribution in [1.29, 1.82) is 5.26 Å². The number of carbonyl (C=O) groups is 2. The molecule has 0 aliphatic heterocycles. The molecule has 1 amide bonds. The van der Waals surface area contributed by atoms with E-state index < -0.39 is 30.1 Å². The zero-order chi connectivity index (χ0) is 19.8. The number of esters is 1. The predicted octanol–water partition coefficient (Wildman–Crippen LogP) is 1.34. The Hall–Kier alpha value is -3.28. The Bertz CT molecular complexity index is 825. The molecule has 28 heavy (non-hydrogen) atoms. The number of hydrogen-bond acceptors (Lipinski definition) is 7. The first kappa shape index (κ1) is 19.5. The third-order valence-electron chi connectivity index (χ3n) is 4.87. The SMILES string of the molecule is N#CC1(NC(=O)COC(=O)[C@H](Cc2ccccc2)n2cnnn2)CCCCC1. The first-order chi connectivity index (χ1) is 13.6. The van der Waals surface area contributed by atoms with E-state index in [4.69, 9.17) is 4.74 Å². The van der Waals surface area contributed by atoms with Crippen LogP contribution in [-0.4, -0.2) is 44.2 Å². The van der Waals surface area contributed by atoms with E-state index in [0.29, 0.717) is 19.3 Å². The van der Waals surface area contributed by atoms with Crippen molar-refractivity contribution < 1.29 is 14.3 Å². The van der Waals surface area contributed by atoms with E-state index >= 15 is 0 Å². The molecule has 1 atom stereocenters. The van der Waals surface area contributed by atoms with E-state index in [1.54, 1.807) is 0 Å². The summed E-state index contributed by atoms with van der Waals surface area (Å²) in [6.07, 6.45) is 5.74. The Morgan fingerprint density at radius 1 is 1.25 bits per heavy atom. The number of benzene rings is 1. The van der Waals surface area contributed by atoms with Gasteiger partial charge in [0.15, 0.2) is 12.6 Å². The van der Waals surface area contributed by atoms with Crippen molar-refractivity contribution in [2.45, 2.75) is 50.1 Å². The molecule has 0 spiro atoms. The smallest absolute Gasteiger partial charge is 0.331 e. The molecule has 1 heterocycles. The molecule has 0 bridgehead atoms. The number of rotatable bonds is 7. The molecule has 1 aromatic carbocycles. The molecule has 1 aliphatic rings. The van der Waals surface area contributed by atoms with Crippen molar-refractivity contribution in [3.8, 4) is 6.07 Å². The molecule has 1 aromatic heterocycles. The van der Waals surface area contributed by atoms with Crippen LogP contribution < -0.4 is 5.32 Å². The van der Waals surface area contributed by atoms with Gasteiger partial charge in [-0.3, -0.25) is 4.79 Å². The molecule has 3 rings (SSSR count). The number of nitriles is 1. The Morgan fingerprint density at radius 3 is 2.64 bits per heavy atom. The van der Waals surface area contributed by atoms with Gasteiger partial charge in [0, 0.05) is 6.42 Å². The number of tetrazole rings is 1. The minimum absolute atomic E-state index is 0.328. The largest absolute Gasteiger partial charge is 0.454 e. The third-order valence-corrected chi connectivity index (χ3v) is 4.87. The molecule has 1 aliphatic carbocycles. The molecular formula is C19H22N6O3. The number of carbonyl (C=O) groups excluding carboxylic acids is 2. The highest BCUT2D eigenvalue weighted by atomic mass is 16.5. The summed E-state index contributed by atoms with van der Waals surface area (Å²) in [5.41, 5.74) is 0.0520. The average molecular weight is 382 g/mol. The zero-order valence-corrected chi connectivity index (χ0v) is 15.5. The lowest BCUT2D eigenvalue weighted by atomic mass is 9.83. The highest BCUT2D eigenvalue weighted by Crippen LogP contribution is 2.27. The average Bonchev–Trinajstić information content (AvgIpc) is 3.26. The van der Waals surface area contributed by atoms with E-state index in [9.17, 15) is 14.9 Å². The van der Waals surface area contributed by atoms with Crippen molar-refractivity contribution in [3.63, 3.8) is 0 Å². The van der Waals surface area contributed by atoms with E-state index in [-0.39, 0.29) is 0 Å². The van der Waals surface area contributed by atoms with Gasteiger partial charge in [-0.1, -0.05) is 49.6 Å². The molecule has 1 fully saturated rings. The predicted molar refractivity (Wildman–Crippen MR) is 97.5 cm³/mol. The molecule has 1 saturated carbocycles. The van der Waals surface area contributed by atoms with Crippen LogP contribution in [0.2, 0.25) is 0 Å². The second-order valence-corrected chi connectivity index (χ2v) is 6.91. The first-order valence-electron chi connectivity index (χ1n) is 9.27. The lowest BCUT2D eigenvalue weighted by Crippen LogP contribution is -2.50. The summed E-state index contributed by atoms with van der Waals surface area (Å²) in [5.74, 6) is -1.09. The van der Waals surface area contributed by atoms with Gasteiger partial charge in [-0.15, -0.1) is 5.10 Å². The summed E-state index contributed by atoms with van der Waals surface area (Å²) in [6.45, 7) is -0.449. The van der Waals surface area contributed by atoms with Crippen LogP contribution in [-0.2, 0) is 20.7 Å². The fourth-order valence-corrected chi connectivity index (χ4v) is 3.39. The quantitative estimate of drug-likeness (QED) is 0.717. The summed E-state index contributed by atoms with van der Waals surface area (Å²) >= 11 is 0. The molecular weight excluding hydrogens is 360 g/mol. The standard InChI is InChI=1S/C19H22N6O3/c20-13-19(9-5-2-6-10-19)22-17(26)12-28-18(27)16(25-14-21-23-24-25)11-15-7-3-1-4-8-15/h1,3-4,7-8,14,16H,2,5-6,9-12H2,(H,22,26)/t16-/m0/s1. The number of nitrogens with zero attached hydrogens (tertiary/aromatic N) is 5. The lowest BCUT2D eigenvalue weighted by Gasteiger charge is -2.31. The van der Waals surface area contributed by atoms with E-state index in [0.717, 1.165) is 24.8 Å². The summed E-state index contributed by atoms with van der Waals surface area (Å²) in [4.78, 5) is 24.9. The van der Waals surface area contributed by atoms with Crippen molar-refractivity contribution in [2.24, 2.45) is 0 Å². The van der Waals surface area contributed by atoms with E-state index in [1.807, 2.05) is 30.3 Å². The van der Waals surface area contributed by atoms with Gasteiger partial charge in [0.1, 0.15) is 11.9 Å². The summed E-state index contributed by atoms with van der Waals surface area (Å²) in [7, 11) is 0. The molecule has 146 valence electrons. The second-order valence-electron chi connectivity index (χ2n) is 6.91. The minimum atomic E-state index is -0.860. The fraction of sp³-hybridized carbons (Fsp3) is 0.474. The van der Waals surface area contributed by atoms with Crippen LogP contribution in [0, 0.1) is 11.3 Å². The summed E-state index contributed by atoms with van der Waals surface area (Å²) in [5, 5.41) is 23.1. The number of amides is 1. The minimum Gasteiger partial charge on any atom is -0.454 e. The highest BCUT2D eigenvalue weighted by Gasteiger charge is 2.34. The normalized spacial score (nSPS) is 16.5. The van der Waals surface area contributed by atoms with Crippen LogP contribution in [0.1, 0.15) is 43.7 Å². The van der Waals surface area contributed by atoms with E-state index in [2.05, 4.69) is 26.9 Å². The second kappa shape index (κ2) is 9.08.